The first-order valence-corrected chi connectivity index (χ1v) is 17.1. The average Bonchev–Trinajstić information content (AvgIpc) is 2.89. The topological polar surface area (TPSA) is 0 Å². The van der Waals surface area contributed by atoms with Crippen LogP contribution in [0.3, 0.4) is 0 Å². The fraction of sp³-hybridized carbons (Fsp3) is 0.273. The van der Waals surface area contributed by atoms with E-state index in [4.69, 9.17) is 0 Å². The zero-order chi connectivity index (χ0) is 25.2. The fourth-order valence-electron chi connectivity index (χ4n) is 4.65. The van der Waals surface area contributed by atoms with Crippen molar-refractivity contribution in [2.75, 3.05) is 6.16 Å². The third-order valence-electron chi connectivity index (χ3n) is 6.79. The number of hydrogen-bond acceptors (Lipinski definition) is 0. The normalized spacial score (nSPS) is 13.7. The van der Waals surface area contributed by atoms with E-state index in [1.807, 2.05) is 0 Å². The summed E-state index contributed by atoms with van der Waals surface area (Å²) in [5, 5.41) is 1.23. The van der Waals surface area contributed by atoms with Crippen LogP contribution in [0, 0.1) is 0 Å². The summed E-state index contributed by atoms with van der Waals surface area (Å²) in [6.07, 6.45) is 12.7. The first-order valence-electron chi connectivity index (χ1n) is 12.7. The zero-order valence-electron chi connectivity index (χ0n) is 21.8. The molecule has 0 amide bonds. The molecule has 35 heavy (non-hydrogen) atoms. The predicted octanol–water partition coefficient (Wildman–Crippen LogP) is 9.25. The standard InChI is InChI=1S/C33H40BrP/c1-28(2)16-14-17-29(3)18-15-19-30(4)26-27-35(34,31-20-8-5-9-21-31,32-22-10-6-11-23-32)33-24-12-7-13-25-33/h5-13,16,18,20-26H,14-15,17,19,27H2,1-4H3. The van der Waals surface area contributed by atoms with Gasteiger partial charge in [-0.3, -0.25) is 0 Å². The molecule has 0 radical (unpaired) electrons. The number of hydrogen-bond donors (Lipinski definition) is 0. The van der Waals surface area contributed by atoms with Gasteiger partial charge in [0.15, 0.2) is 0 Å². The van der Waals surface area contributed by atoms with E-state index in [0.29, 0.717) is 0 Å². The molecular weight excluding hydrogens is 507 g/mol. The fourth-order valence-corrected chi connectivity index (χ4v) is 11.8. The summed E-state index contributed by atoms with van der Waals surface area (Å²) < 4.78 is 0. The number of benzene rings is 3. The summed E-state index contributed by atoms with van der Waals surface area (Å²) in [6, 6.07) is 33.2. The molecule has 3 rings (SSSR count). The number of rotatable bonds is 11. The van der Waals surface area contributed by atoms with Gasteiger partial charge in [0, 0.05) is 0 Å². The van der Waals surface area contributed by atoms with Crippen LogP contribution in [0.25, 0.3) is 0 Å². The average molecular weight is 548 g/mol. The first-order chi connectivity index (χ1) is 16.8. The third-order valence-corrected chi connectivity index (χ3v) is 16.3. The van der Waals surface area contributed by atoms with Crippen molar-refractivity contribution in [3.8, 4) is 0 Å². The number of halogens is 1. The number of allylic oxidation sites excluding steroid dienone is 6. The minimum atomic E-state index is -2.88. The van der Waals surface area contributed by atoms with Gasteiger partial charge in [-0.1, -0.05) is 0 Å². The molecule has 0 nitrogen and oxygen atoms in total. The monoisotopic (exact) mass is 546 g/mol. The Bertz CT molecular complexity index is 1050. The van der Waals surface area contributed by atoms with Gasteiger partial charge in [-0.25, -0.2) is 0 Å². The molecule has 3 aromatic carbocycles. The van der Waals surface area contributed by atoms with Crippen molar-refractivity contribution in [1.82, 2.24) is 0 Å². The van der Waals surface area contributed by atoms with Gasteiger partial charge in [0.2, 0.25) is 0 Å². The molecule has 0 saturated carbocycles. The Hall–Kier alpha value is -2.21. The van der Waals surface area contributed by atoms with Crippen molar-refractivity contribution in [2.24, 2.45) is 0 Å². The molecule has 2 heteroatoms. The Morgan fingerprint density at radius 3 is 1.34 bits per heavy atom. The van der Waals surface area contributed by atoms with E-state index in [0.717, 1.165) is 31.8 Å². The molecule has 0 N–H and O–H groups in total. The second-order valence-electron chi connectivity index (χ2n) is 9.83. The van der Waals surface area contributed by atoms with Crippen LogP contribution in [-0.2, 0) is 0 Å². The van der Waals surface area contributed by atoms with Gasteiger partial charge in [0.25, 0.3) is 0 Å². The quantitative estimate of drug-likeness (QED) is 0.166. The van der Waals surface area contributed by atoms with Crippen LogP contribution in [0.2, 0.25) is 0 Å². The van der Waals surface area contributed by atoms with Crippen molar-refractivity contribution in [3.63, 3.8) is 0 Å². The molecule has 0 spiro atoms. The van der Waals surface area contributed by atoms with E-state index in [1.165, 1.54) is 32.6 Å². The van der Waals surface area contributed by atoms with Crippen LogP contribution in [0.5, 0.6) is 0 Å². The van der Waals surface area contributed by atoms with Crippen LogP contribution in [0.4, 0.5) is 0 Å². The zero-order valence-corrected chi connectivity index (χ0v) is 24.2. The molecular formula is C33H40BrP. The van der Waals surface area contributed by atoms with Crippen molar-refractivity contribution in [1.29, 1.82) is 0 Å². The van der Waals surface area contributed by atoms with Crippen molar-refractivity contribution in [3.05, 3.63) is 126 Å². The maximum atomic E-state index is 4.55. The summed E-state index contributed by atoms with van der Waals surface area (Å²) >= 11 is 4.55. The van der Waals surface area contributed by atoms with Crippen molar-refractivity contribution >= 4 is 36.7 Å². The molecule has 0 bridgehead atoms. The molecule has 0 aromatic heterocycles. The molecule has 184 valence electrons. The van der Waals surface area contributed by atoms with Gasteiger partial charge < -0.3 is 0 Å². The van der Waals surface area contributed by atoms with E-state index >= 15 is 0 Å². The maximum absolute atomic E-state index is 4.55. The van der Waals surface area contributed by atoms with E-state index in [1.54, 1.807) is 0 Å². The van der Waals surface area contributed by atoms with Crippen LogP contribution < -0.4 is 15.9 Å². The van der Waals surface area contributed by atoms with E-state index < -0.39 is 5.31 Å². The van der Waals surface area contributed by atoms with E-state index in [2.05, 4.69) is 152 Å². The van der Waals surface area contributed by atoms with Gasteiger partial charge in [-0.2, -0.15) is 0 Å². The Kier molecular flexibility index (Phi) is 9.90. The van der Waals surface area contributed by atoms with Gasteiger partial charge in [-0.05, 0) is 0 Å². The predicted molar refractivity (Wildman–Crippen MR) is 164 cm³/mol. The van der Waals surface area contributed by atoms with E-state index in [9.17, 15) is 0 Å². The molecule has 0 aliphatic heterocycles. The molecule has 0 saturated heterocycles. The van der Waals surface area contributed by atoms with Crippen LogP contribution >= 0.6 is 20.8 Å². The first kappa shape index (κ1) is 27.4. The van der Waals surface area contributed by atoms with Gasteiger partial charge >= 0.3 is 222 Å². The molecule has 0 unspecified atom stereocenters. The molecule has 0 aliphatic rings. The summed E-state index contributed by atoms with van der Waals surface area (Å²) in [4.78, 5) is 0. The summed E-state index contributed by atoms with van der Waals surface area (Å²) in [5.74, 6) is 0. The SMILES string of the molecule is CC(C)=CCCC(C)=CCCC(C)=CCP(Br)(c1ccccc1)(c1ccccc1)c1ccccc1. The molecule has 0 atom stereocenters. The Morgan fingerprint density at radius 1 is 0.571 bits per heavy atom. The Balaban J connectivity index is 1.94. The summed E-state index contributed by atoms with van der Waals surface area (Å²) in [6.45, 7) is 8.91. The van der Waals surface area contributed by atoms with Crippen LogP contribution in [0.1, 0.15) is 53.4 Å². The second-order valence-corrected chi connectivity index (χ2v) is 18.8. The third kappa shape index (κ3) is 6.72. The second kappa shape index (κ2) is 12.7. The Labute approximate surface area is 221 Å². The minimum absolute atomic E-state index is 0.957. The van der Waals surface area contributed by atoms with Crippen LogP contribution in [0.15, 0.2) is 126 Å². The Morgan fingerprint density at radius 2 is 0.943 bits per heavy atom. The molecule has 0 fully saturated rings. The summed E-state index contributed by atoms with van der Waals surface area (Å²) in [7, 11) is 0. The van der Waals surface area contributed by atoms with Crippen molar-refractivity contribution < 1.29 is 0 Å². The van der Waals surface area contributed by atoms with Gasteiger partial charge in [-0.15, -0.1) is 0 Å². The van der Waals surface area contributed by atoms with E-state index in [-0.39, 0.29) is 0 Å². The van der Waals surface area contributed by atoms with Crippen LogP contribution in [-0.4, -0.2) is 6.16 Å². The summed E-state index contributed by atoms with van der Waals surface area (Å²) in [5.41, 5.74) is 4.35. The van der Waals surface area contributed by atoms with Gasteiger partial charge in [0.05, 0.1) is 0 Å². The molecule has 0 heterocycles. The molecule has 0 aliphatic carbocycles. The molecule has 3 aromatic rings. The van der Waals surface area contributed by atoms with Gasteiger partial charge in [0.1, 0.15) is 0 Å². The van der Waals surface area contributed by atoms with Crippen molar-refractivity contribution in [2.45, 2.75) is 53.4 Å².